The van der Waals surface area contributed by atoms with Crippen molar-refractivity contribution >= 4 is 23.1 Å². The number of nitrogens with zero attached hydrogens (tertiary/aromatic N) is 4. The molecule has 2 heterocycles. The molecule has 1 unspecified atom stereocenters. The van der Waals surface area contributed by atoms with E-state index in [1.807, 2.05) is 18.0 Å². The van der Waals surface area contributed by atoms with Crippen LogP contribution in [0.2, 0.25) is 0 Å². The molecule has 0 spiro atoms. The Balaban J connectivity index is 2.14. The van der Waals surface area contributed by atoms with Crippen LogP contribution in [0.25, 0.3) is 0 Å². The SMILES string of the molecule is CC(Cc1cccs1)N(C)c1nccc(/C(N)=N/O)n1. The summed E-state index contributed by atoms with van der Waals surface area (Å²) >= 11 is 1.74. The summed E-state index contributed by atoms with van der Waals surface area (Å²) in [5.74, 6) is 0.533. The fraction of sp³-hybridized carbons (Fsp3) is 0.308. The second kappa shape index (κ2) is 6.33. The molecule has 0 saturated heterocycles. The standard InChI is InChI=1S/C13H17N5OS/c1-9(8-10-4-3-7-20-10)18(2)13-15-6-5-11(16-13)12(14)17-19/h3-7,9,19H,8H2,1-2H3,(H2,14,17). The lowest BCUT2D eigenvalue weighted by Gasteiger charge is -2.24. The molecule has 0 aliphatic rings. The monoisotopic (exact) mass is 291 g/mol. The minimum Gasteiger partial charge on any atom is -0.409 e. The molecule has 0 aromatic carbocycles. The average Bonchev–Trinajstić information content (AvgIpc) is 2.98. The van der Waals surface area contributed by atoms with Crippen molar-refractivity contribution in [2.24, 2.45) is 10.9 Å². The summed E-state index contributed by atoms with van der Waals surface area (Å²) in [6.07, 6.45) is 2.52. The maximum Gasteiger partial charge on any atom is 0.225 e. The molecule has 0 bridgehead atoms. The first-order valence-electron chi connectivity index (χ1n) is 6.18. The topological polar surface area (TPSA) is 87.6 Å². The predicted molar refractivity (Wildman–Crippen MR) is 80.4 cm³/mol. The van der Waals surface area contributed by atoms with Crippen molar-refractivity contribution in [3.63, 3.8) is 0 Å². The van der Waals surface area contributed by atoms with Crippen LogP contribution < -0.4 is 10.6 Å². The van der Waals surface area contributed by atoms with E-state index in [-0.39, 0.29) is 11.9 Å². The highest BCUT2D eigenvalue weighted by Gasteiger charge is 2.15. The van der Waals surface area contributed by atoms with Gasteiger partial charge in [-0.05, 0) is 24.4 Å². The molecule has 20 heavy (non-hydrogen) atoms. The van der Waals surface area contributed by atoms with E-state index in [1.54, 1.807) is 23.6 Å². The number of anilines is 1. The van der Waals surface area contributed by atoms with E-state index in [1.165, 1.54) is 4.88 Å². The van der Waals surface area contributed by atoms with Gasteiger partial charge in [0.2, 0.25) is 5.95 Å². The number of amidine groups is 1. The predicted octanol–water partition coefficient (Wildman–Crippen LogP) is 1.70. The van der Waals surface area contributed by atoms with E-state index in [2.05, 4.69) is 33.5 Å². The van der Waals surface area contributed by atoms with Gasteiger partial charge < -0.3 is 15.8 Å². The van der Waals surface area contributed by atoms with Crippen LogP contribution in [0.15, 0.2) is 34.9 Å². The number of likely N-dealkylation sites (N-methyl/N-ethyl adjacent to an activating group) is 1. The summed E-state index contributed by atoms with van der Waals surface area (Å²) in [5, 5.41) is 13.7. The highest BCUT2D eigenvalue weighted by molar-refractivity contribution is 7.09. The van der Waals surface area contributed by atoms with E-state index in [9.17, 15) is 0 Å². The van der Waals surface area contributed by atoms with Crippen LogP contribution in [0.3, 0.4) is 0 Å². The fourth-order valence-corrected chi connectivity index (χ4v) is 2.59. The second-order valence-corrected chi connectivity index (χ2v) is 5.50. The maximum absolute atomic E-state index is 8.69. The van der Waals surface area contributed by atoms with E-state index in [4.69, 9.17) is 10.9 Å². The van der Waals surface area contributed by atoms with Gasteiger partial charge in [0.25, 0.3) is 0 Å². The van der Waals surface area contributed by atoms with E-state index in [0.29, 0.717) is 11.6 Å². The Bertz CT molecular complexity index is 584. The van der Waals surface area contributed by atoms with Crippen molar-refractivity contribution in [3.05, 3.63) is 40.3 Å². The third kappa shape index (κ3) is 3.24. The van der Waals surface area contributed by atoms with Gasteiger partial charge in [0.05, 0.1) is 0 Å². The molecule has 0 amide bonds. The van der Waals surface area contributed by atoms with Gasteiger partial charge in [-0.15, -0.1) is 11.3 Å². The molecular formula is C13H17N5OS. The number of hydrogen-bond acceptors (Lipinski definition) is 6. The van der Waals surface area contributed by atoms with Crippen LogP contribution in [0.1, 0.15) is 17.5 Å². The summed E-state index contributed by atoms with van der Waals surface area (Å²) < 4.78 is 0. The van der Waals surface area contributed by atoms with Gasteiger partial charge in [-0.3, -0.25) is 0 Å². The first kappa shape index (κ1) is 14.3. The molecule has 7 heteroatoms. The zero-order valence-electron chi connectivity index (χ0n) is 11.4. The normalized spacial score (nSPS) is 13.2. The quantitative estimate of drug-likeness (QED) is 0.379. The lowest BCUT2D eigenvalue weighted by molar-refractivity contribution is 0.318. The van der Waals surface area contributed by atoms with Crippen LogP contribution in [0, 0.1) is 0 Å². The molecule has 0 radical (unpaired) electrons. The molecule has 0 fully saturated rings. The highest BCUT2D eigenvalue weighted by Crippen LogP contribution is 2.16. The van der Waals surface area contributed by atoms with Gasteiger partial charge >= 0.3 is 0 Å². The van der Waals surface area contributed by atoms with E-state index in [0.717, 1.165) is 6.42 Å². The number of oxime groups is 1. The minimum atomic E-state index is -0.0204. The van der Waals surface area contributed by atoms with Gasteiger partial charge in [-0.2, -0.15) is 0 Å². The van der Waals surface area contributed by atoms with E-state index < -0.39 is 0 Å². The largest absolute Gasteiger partial charge is 0.409 e. The van der Waals surface area contributed by atoms with Gasteiger partial charge in [-0.1, -0.05) is 11.2 Å². The first-order valence-corrected chi connectivity index (χ1v) is 7.06. The fourth-order valence-electron chi connectivity index (χ4n) is 1.77. The van der Waals surface area contributed by atoms with Crippen molar-refractivity contribution < 1.29 is 5.21 Å². The van der Waals surface area contributed by atoms with Crippen LogP contribution >= 0.6 is 11.3 Å². The van der Waals surface area contributed by atoms with Crippen molar-refractivity contribution in [2.75, 3.05) is 11.9 Å². The average molecular weight is 291 g/mol. The summed E-state index contributed by atoms with van der Waals surface area (Å²) in [4.78, 5) is 11.8. The molecule has 2 rings (SSSR count). The molecule has 106 valence electrons. The summed E-state index contributed by atoms with van der Waals surface area (Å²) in [6, 6.07) is 6.01. The number of rotatable bonds is 5. The van der Waals surface area contributed by atoms with Crippen molar-refractivity contribution in [1.82, 2.24) is 9.97 Å². The van der Waals surface area contributed by atoms with Gasteiger partial charge in [-0.25, -0.2) is 9.97 Å². The minimum absolute atomic E-state index is 0.0204. The molecule has 2 aromatic heterocycles. The molecule has 0 aliphatic carbocycles. The van der Waals surface area contributed by atoms with Gasteiger partial charge in [0.1, 0.15) is 5.69 Å². The van der Waals surface area contributed by atoms with Gasteiger partial charge in [0.15, 0.2) is 5.84 Å². The molecule has 1 atom stereocenters. The molecule has 0 aliphatic heterocycles. The van der Waals surface area contributed by atoms with E-state index >= 15 is 0 Å². The van der Waals surface area contributed by atoms with Crippen molar-refractivity contribution in [2.45, 2.75) is 19.4 Å². The van der Waals surface area contributed by atoms with Crippen molar-refractivity contribution in [3.8, 4) is 0 Å². The number of hydrogen-bond donors (Lipinski definition) is 2. The number of thiophene rings is 1. The molecule has 2 aromatic rings. The smallest absolute Gasteiger partial charge is 0.225 e. The van der Waals surface area contributed by atoms with Gasteiger partial charge in [0, 0.05) is 30.6 Å². The lowest BCUT2D eigenvalue weighted by Crippen LogP contribution is -2.32. The van der Waals surface area contributed by atoms with Crippen LogP contribution in [-0.4, -0.2) is 34.1 Å². The Morgan fingerprint density at radius 3 is 3.00 bits per heavy atom. The molecule has 3 N–H and O–H groups in total. The van der Waals surface area contributed by atoms with Crippen LogP contribution in [-0.2, 0) is 6.42 Å². The Morgan fingerprint density at radius 2 is 2.35 bits per heavy atom. The Morgan fingerprint density at radius 1 is 1.55 bits per heavy atom. The Hall–Kier alpha value is -2.15. The summed E-state index contributed by atoms with van der Waals surface area (Å²) in [7, 11) is 1.93. The maximum atomic E-state index is 8.69. The zero-order chi connectivity index (χ0) is 14.5. The third-order valence-corrected chi connectivity index (χ3v) is 3.97. The highest BCUT2D eigenvalue weighted by atomic mass is 32.1. The second-order valence-electron chi connectivity index (χ2n) is 4.47. The number of nitrogens with two attached hydrogens (primary N) is 1. The number of aromatic nitrogens is 2. The molecule has 0 saturated carbocycles. The Kier molecular flexibility index (Phi) is 4.52. The Labute approximate surface area is 121 Å². The zero-order valence-corrected chi connectivity index (χ0v) is 12.2. The molecule has 6 nitrogen and oxygen atoms in total. The van der Waals surface area contributed by atoms with Crippen LogP contribution in [0.5, 0.6) is 0 Å². The lowest BCUT2D eigenvalue weighted by atomic mass is 10.2. The summed E-state index contributed by atoms with van der Waals surface area (Å²) in [6.45, 7) is 2.11. The molecular weight excluding hydrogens is 274 g/mol. The summed E-state index contributed by atoms with van der Waals surface area (Å²) in [5.41, 5.74) is 5.95. The first-order chi connectivity index (χ1) is 9.61. The van der Waals surface area contributed by atoms with Crippen molar-refractivity contribution in [1.29, 1.82) is 0 Å². The van der Waals surface area contributed by atoms with Crippen LogP contribution in [0.4, 0.5) is 5.95 Å². The third-order valence-electron chi connectivity index (χ3n) is 3.07.